The van der Waals surface area contributed by atoms with E-state index in [1.807, 2.05) is 25.1 Å². The number of amides is 1. The first-order chi connectivity index (χ1) is 10.6. The topological polar surface area (TPSA) is 50.4 Å². The van der Waals surface area contributed by atoms with Crippen LogP contribution in [0.2, 0.25) is 5.02 Å². The van der Waals surface area contributed by atoms with Crippen LogP contribution in [0.25, 0.3) is 0 Å². The molecule has 2 atom stereocenters. The van der Waals surface area contributed by atoms with Crippen LogP contribution < -0.4 is 15.4 Å². The molecule has 1 saturated heterocycles. The minimum atomic E-state index is 0.149. The van der Waals surface area contributed by atoms with Gasteiger partial charge in [-0.3, -0.25) is 4.79 Å². The molecule has 0 radical (unpaired) electrons. The second-order valence-electron chi connectivity index (χ2n) is 5.98. The number of nitrogens with one attached hydrogen (secondary N) is 2. The van der Waals surface area contributed by atoms with Gasteiger partial charge in [-0.1, -0.05) is 11.6 Å². The quantitative estimate of drug-likeness (QED) is 0.791. The van der Waals surface area contributed by atoms with Crippen LogP contribution in [0.1, 0.15) is 31.7 Å². The fourth-order valence-electron chi connectivity index (χ4n) is 2.76. The minimum Gasteiger partial charge on any atom is -0.493 e. The van der Waals surface area contributed by atoms with Crippen LogP contribution in [0.5, 0.6) is 5.75 Å². The van der Waals surface area contributed by atoms with Gasteiger partial charge in [-0.05, 0) is 63.4 Å². The normalized spacial score (nSPS) is 21.4. The number of carbonyl (C=O) groups excluding carboxylic acids is 1. The number of aryl methyl sites for hydroxylation is 1. The van der Waals surface area contributed by atoms with Crippen molar-refractivity contribution in [2.75, 3.05) is 19.7 Å². The van der Waals surface area contributed by atoms with Gasteiger partial charge in [-0.15, -0.1) is 0 Å². The first-order valence-electron chi connectivity index (χ1n) is 7.96. The van der Waals surface area contributed by atoms with Gasteiger partial charge >= 0.3 is 0 Å². The van der Waals surface area contributed by atoms with Crippen LogP contribution in [0.3, 0.4) is 0 Å². The maximum Gasteiger partial charge on any atom is 0.223 e. The molecule has 0 aromatic heterocycles. The zero-order chi connectivity index (χ0) is 15.9. The Labute approximate surface area is 137 Å². The molecule has 1 aliphatic heterocycles. The lowest BCUT2D eigenvalue weighted by Gasteiger charge is -2.27. The van der Waals surface area contributed by atoms with Gasteiger partial charge in [0.1, 0.15) is 5.75 Å². The molecule has 5 heteroatoms. The van der Waals surface area contributed by atoms with E-state index < -0.39 is 0 Å². The third-order valence-corrected chi connectivity index (χ3v) is 4.24. The van der Waals surface area contributed by atoms with Crippen molar-refractivity contribution < 1.29 is 9.53 Å². The van der Waals surface area contributed by atoms with Crippen LogP contribution in [0.4, 0.5) is 0 Å². The van der Waals surface area contributed by atoms with Crippen molar-refractivity contribution >= 4 is 17.5 Å². The van der Waals surface area contributed by atoms with Crippen molar-refractivity contribution in [1.82, 2.24) is 10.6 Å². The fourth-order valence-corrected chi connectivity index (χ4v) is 2.98. The Morgan fingerprint density at radius 3 is 3.05 bits per heavy atom. The summed E-state index contributed by atoms with van der Waals surface area (Å²) in [5.74, 6) is 1.18. The van der Waals surface area contributed by atoms with E-state index in [1.165, 1.54) is 0 Å². The Hall–Kier alpha value is -1.26. The summed E-state index contributed by atoms with van der Waals surface area (Å²) in [5, 5.41) is 7.09. The first kappa shape index (κ1) is 17.1. The predicted octanol–water partition coefficient (Wildman–Crippen LogP) is 2.92. The molecule has 0 unspecified atom stereocenters. The molecule has 0 saturated carbocycles. The van der Waals surface area contributed by atoms with Gasteiger partial charge in [0.2, 0.25) is 5.91 Å². The minimum absolute atomic E-state index is 0.149. The fraction of sp³-hybridized carbons (Fsp3) is 0.588. The zero-order valence-electron chi connectivity index (χ0n) is 13.3. The Morgan fingerprint density at radius 1 is 1.50 bits per heavy atom. The van der Waals surface area contributed by atoms with E-state index in [0.29, 0.717) is 24.2 Å². The van der Waals surface area contributed by atoms with Crippen LogP contribution >= 0.6 is 11.6 Å². The Balaban J connectivity index is 1.63. The SMILES string of the molecule is Cc1cc(Cl)ccc1OCCCNC(=O)[C@H]1CCN[C@@H](C)C1. The number of carbonyl (C=O) groups is 1. The molecule has 122 valence electrons. The van der Waals surface area contributed by atoms with Gasteiger partial charge in [0.05, 0.1) is 6.61 Å². The van der Waals surface area contributed by atoms with Crippen LogP contribution in [0.15, 0.2) is 18.2 Å². The highest BCUT2D eigenvalue weighted by atomic mass is 35.5. The average Bonchev–Trinajstić information content (AvgIpc) is 2.48. The third-order valence-electron chi connectivity index (χ3n) is 4.01. The molecule has 0 spiro atoms. The molecule has 1 heterocycles. The van der Waals surface area contributed by atoms with E-state index in [-0.39, 0.29) is 11.8 Å². The van der Waals surface area contributed by atoms with Crippen molar-refractivity contribution in [2.45, 2.75) is 39.2 Å². The van der Waals surface area contributed by atoms with E-state index in [1.54, 1.807) is 0 Å². The monoisotopic (exact) mass is 324 g/mol. The van der Waals surface area contributed by atoms with Crippen molar-refractivity contribution in [3.05, 3.63) is 28.8 Å². The smallest absolute Gasteiger partial charge is 0.223 e. The largest absolute Gasteiger partial charge is 0.493 e. The summed E-state index contributed by atoms with van der Waals surface area (Å²) in [4.78, 5) is 12.1. The van der Waals surface area contributed by atoms with E-state index in [2.05, 4.69) is 17.6 Å². The standard InChI is InChI=1S/C17H25ClN2O2/c1-12-10-15(18)4-5-16(12)22-9-3-7-20-17(21)14-6-8-19-13(2)11-14/h4-5,10,13-14,19H,3,6-9,11H2,1-2H3,(H,20,21)/t13-,14-/m0/s1. The first-order valence-corrected chi connectivity index (χ1v) is 8.34. The predicted molar refractivity (Wildman–Crippen MR) is 89.5 cm³/mol. The summed E-state index contributed by atoms with van der Waals surface area (Å²) in [6, 6.07) is 6.02. The molecule has 1 amide bonds. The molecule has 2 rings (SSSR count). The van der Waals surface area contributed by atoms with E-state index >= 15 is 0 Å². The van der Waals surface area contributed by atoms with Gasteiger partial charge < -0.3 is 15.4 Å². The summed E-state index contributed by atoms with van der Waals surface area (Å²) >= 11 is 5.91. The molecular weight excluding hydrogens is 300 g/mol. The summed E-state index contributed by atoms with van der Waals surface area (Å²) in [7, 11) is 0. The maximum atomic E-state index is 12.1. The van der Waals surface area contributed by atoms with E-state index in [0.717, 1.165) is 37.1 Å². The van der Waals surface area contributed by atoms with Gasteiger partial charge in [-0.25, -0.2) is 0 Å². The number of benzene rings is 1. The molecule has 1 fully saturated rings. The zero-order valence-corrected chi connectivity index (χ0v) is 14.1. The van der Waals surface area contributed by atoms with Crippen LogP contribution in [-0.4, -0.2) is 31.6 Å². The lowest BCUT2D eigenvalue weighted by molar-refractivity contribution is -0.126. The molecule has 22 heavy (non-hydrogen) atoms. The second kappa shape index (κ2) is 8.39. The van der Waals surface area contributed by atoms with E-state index in [9.17, 15) is 4.79 Å². The second-order valence-corrected chi connectivity index (χ2v) is 6.42. The van der Waals surface area contributed by atoms with Crippen LogP contribution in [0, 0.1) is 12.8 Å². The van der Waals surface area contributed by atoms with Crippen molar-refractivity contribution in [3.63, 3.8) is 0 Å². The number of rotatable bonds is 6. The van der Waals surface area contributed by atoms with Crippen molar-refractivity contribution in [1.29, 1.82) is 0 Å². The molecule has 0 bridgehead atoms. The molecule has 1 aromatic rings. The number of halogens is 1. The molecule has 0 aliphatic carbocycles. The Morgan fingerprint density at radius 2 is 2.32 bits per heavy atom. The van der Waals surface area contributed by atoms with Crippen LogP contribution in [-0.2, 0) is 4.79 Å². The molecule has 1 aliphatic rings. The van der Waals surface area contributed by atoms with Gasteiger partial charge in [0.15, 0.2) is 0 Å². The molecular formula is C17H25ClN2O2. The summed E-state index contributed by atoms with van der Waals surface area (Å²) in [5.41, 5.74) is 1.03. The van der Waals surface area contributed by atoms with Crippen molar-refractivity contribution in [3.8, 4) is 5.75 Å². The summed E-state index contributed by atoms with van der Waals surface area (Å²) in [6.07, 6.45) is 2.65. The Bertz CT molecular complexity index is 507. The summed E-state index contributed by atoms with van der Waals surface area (Å²) in [6.45, 7) is 6.27. The highest BCUT2D eigenvalue weighted by Gasteiger charge is 2.24. The number of hydrogen-bond acceptors (Lipinski definition) is 3. The maximum absolute atomic E-state index is 12.1. The van der Waals surface area contributed by atoms with E-state index in [4.69, 9.17) is 16.3 Å². The lowest BCUT2D eigenvalue weighted by Crippen LogP contribution is -2.42. The molecule has 2 N–H and O–H groups in total. The third kappa shape index (κ3) is 5.18. The molecule has 1 aromatic carbocycles. The molecule has 4 nitrogen and oxygen atoms in total. The average molecular weight is 325 g/mol. The Kier molecular flexibility index (Phi) is 6.52. The van der Waals surface area contributed by atoms with Crippen molar-refractivity contribution in [2.24, 2.45) is 5.92 Å². The number of ether oxygens (including phenoxy) is 1. The number of hydrogen-bond donors (Lipinski definition) is 2. The highest BCUT2D eigenvalue weighted by Crippen LogP contribution is 2.21. The lowest BCUT2D eigenvalue weighted by atomic mass is 9.92. The highest BCUT2D eigenvalue weighted by molar-refractivity contribution is 6.30. The van der Waals surface area contributed by atoms with Gasteiger partial charge in [0.25, 0.3) is 0 Å². The van der Waals surface area contributed by atoms with Gasteiger partial charge in [0, 0.05) is 23.5 Å². The summed E-state index contributed by atoms with van der Waals surface area (Å²) < 4.78 is 5.72. The number of piperidine rings is 1. The van der Waals surface area contributed by atoms with Gasteiger partial charge in [-0.2, -0.15) is 0 Å².